The number of ether oxygens (including phenoxy) is 2. The van der Waals surface area contributed by atoms with Gasteiger partial charge in [-0.2, -0.15) is 0 Å². The number of nitrogens with one attached hydrogen (secondary N) is 1. The van der Waals surface area contributed by atoms with Gasteiger partial charge in [0.1, 0.15) is 12.4 Å². The largest absolute Gasteiger partial charge is 0.491 e. The minimum absolute atomic E-state index is 0.136. The fraction of sp³-hybridized carbons (Fsp3) is 0.182. The molecule has 1 amide bonds. The molecule has 0 saturated carbocycles. The molecule has 3 rings (SSSR count). The number of amides is 1. The lowest BCUT2D eigenvalue weighted by molar-refractivity contribution is 0.0941. The van der Waals surface area contributed by atoms with Gasteiger partial charge in [-0.05, 0) is 24.6 Å². The topological polar surface area (TPSA) is 60.5 Å². The number of para-hydroxylation sites is 1. The first kappa shape index (κ1) is 19.7. The van der Waals surface area contributed by atoms with E-state index in [1.165, 1.54) is 0 Å². The molecule has 2 aromatic carbocycles. The minimum Gasteiger partial charge on any atom is -0.491 e. The molecule has 1 heterocycles. The van der Waals surface area contributed by atoms with Crippen molar-refractivity contribution in [1.82, 2.24) is 10.3 Å². The molecule has 28 heavy (non-hydrogen) atoms. The minimum atomic E-state index is -0.369. The van der Waals surface area contributed by atoms with E-state index in [2.05, 4.69) is 10.3 Å². The molecule has 6 heteroatoms. The van der Waals surface area contributed by atoms with Gasteiger partial charge in [0.25, 0.3) is 5.91 Å². The zero-order chi connectivity index (χ0) is 19.8. The van der Waals surface area contributed by atoms with Crippen LogP contribution < -0.4 is 14.8 Å². The summed E-state index contributed by atoms with van der Waals surface area (Å²) in [5, 5.41) is 3.05. The Balaban J connectivity index is 1.58. The molecule has 5 nitrogen and oxygen atoms in total. The van der Waals surface area contributed by atoms with Crippen molar-refractivity contribution in [3.63, 3.8) is 0 Å². The first-order valence-corrected chi connectivity index (χ1v) is 9.41. The number of aromatic nitrogens is 1. The molecule has 0 bridgehead atoms. The van der Waals surface area contributed by atoms with E-state index < -0.39 is 0 Å². The number of rotatable bonds is 8. The van der Waals surface area contributed by atoms with Crippen molar-refractivity contribution in [2.75, 3.05) is 19.8 Å². The van der Waals surface area contributed by atoms with Crippen LogP contribution in [-0.4, -0.2) is 30.6 Å². The molecule has 3 aromatic rings. The Morgan fingerprint density at radius 2 is 1.75 bits per heavy atom. The third-order valence-electron chi connectivity index (χ3n) is 3.94. The van der Waals surface area contributed by atoms with E-state index in [1.807, 2.05) is 61.5 Å². The lowest BCUT2D eigenvalue weighted by Crippen LogP contribution is -2.29. The highest BCUT2D eigenvalue weighted by atomic mass is 35.5. The van der Waals surface area contributed by atoms with Crippen LogP contribution >= 0.6 is 11.6 Å². The summed E-state index contributed by atoms with van der Waals surface area (Å²) in [6.45, 7) is 2.95. The molecule has 0 radical (unpaired) electrons. The van der Waals surface area contributed by atoms with Crippen LogP contribution in [0.2, 0.25) is 5.02 Å². The third-order valence-corrected chi connectivity index (χ3v) is 4.25. The number of hydrogen-bond donors (Lipinski definition) is 1. The Bertz CT molecular complexity index is 932. The monoisotopic (exact) mass is 396 g/mol. The van der Waals surface area contributed by atoms with Crippen LogP contribution in [0.3, 0.4) is 0 Å². The van der Waals surface area contributed by atoms with E-state index in [-0.39, 0.29) is 16.6 Å². The zero-order valence-electron chi connectivity index (χ0n) is 15.5. The maximum absolute atomic E-state index is 12.4. The Labute approximate surface area is 169 Å². The van der Waals surface area contributed by atoms with E-state index in [9.17, 15) is 4.79 Å². The molecule has 0 spiro atoms. The zero-order valence-corrected chi connectivity index (χ0v) is 16.3. The van der Waals surface area contributed by atoms with Crippen molar-refractivity contribution in [1.29, 1.82) is 0 Å². The molecule has 0 aliphatic rings. The van der Waals surface area contributed by atoms with Crippen LogP contribution in [0.15, 0.2) is 66.7 Å². The summed E-state index contributed by atoms with van der Waals surface area (Å²) in [6, 6.07) is 21.0. The molecule has 1 aromatic heterocycles. The van der Waals surface area contributed by atoms with Crippen molar-refractivity contribution in [2.24, 2.45) is 0 Å². The molecule has 0 unspecified atom stereocenters. The summed E-state index contributed by atoms with van der Waals surface area (Å²) in [4.78, 5) is 16.5. The quantitative estimate of drug-likeness (QED) is 0.565. The molecule has 0 aliphatic heterocycles. The molecule has 0 fully saturated rings. The predicted octanol–water partition coefficient (Wildman–Crippen LogP) is 4.61. The molecule has 0 aliphatic carbocycles. The van der Waals surface area contributed by atoms with Crippen molar-refractivity contribution in [3.8, 4) is 22.8 Å². The smallest absolute Gasteiger partial charge is 0.271 e. The van der Waals surface area contributed by atoms with E-state index in [4.69, 9.17) is 21.1 Å². The van der Waals surface area contributed by atoms with Gasteiger partial charge in [0.15, 0.2) is 5.69 Å². The fourth-order valence-corrected chi connectivity index (χ4v) is 2.86. The number of nitrogens with zero attached hydrogens (tertiary/aromatic N) is 1. The third kappa shape index (κ3) is 5.02. The Hall–Kier alpha value is -3.05. The maximum Gasteiger partial charge on any atom is 0.271 e. The Kier molecular flexibility index (Phi) is 6.87. The Morgan fingerprint density at radius 3 is 2.54 bits per heavy atom. The number of carbonyl (C=O) groups excluding carboxylic acids is 1. The second kappa shape index (κ2) is 9.76. The molecule has 0 atom stereocenters. The van der Waals surface area contributed by atoms with Crippen molar-refractivity contribution >= 4 is 17.5 Å². The highest BCUT2D eigenvalue weighted by Gasteiger charge is 2.13. The normalized spacial score (nSPS) is 10.4. The van der Waals surface area contributed by atoms with Crippen molar-refractivity contribution in [3.05, 3.63) is 77.4 Å². The molecular formula is C22H21ClN2O3. The van der Waals surface area contributed by atoms with Crippen LogP contribution in [0.4, 0.5) is 0 Å². The van der Waals surface area contributed by atoms with E-state index in [1.54, 1.807) is 12.1 Å². The summed E-state index contributed by atoms with van der Waals surface area (Å²) in [5.74, 6) is 0.758. The van der Waals surface area contributed by atoms with Gasteiger partial charge in [-0.15, -0.1) is 0 Å². The van der Waals surface area contributed by atoms with E-state index >= 15 is 0 Å². The van der Waals surface area contributed by atoms with Gasteiger partial charge in [-0.25, -0.2) is 4.98 Å². The lowest BCUT2D eigenvalue weighted by atomic mass is 10.1. The predicted molar refractivity (Wildman–Crippen MR) is 110 cm³/mol. The standard InChI is InChI=1S/C22H21ClN2O3/c1-2-27-20-13-12-18(23)21(25-20)22(26)24-14-15-28-19-11-7-6-10-17(19)16-8-4-3-5-9-16/h3-13H,2,14-15H2,1H3,(H,24,26). The molecule has 1 N–H and O–H groups in total. The number of halogens is 1. The summed E-state index contributed by atoms with van der Waals surface area (Å²) in [6.07, 6.45) is 0. The van der Waals surface area contributed by atoms with Crippen molar-refractivity contribution in [2.45, 2.75) is 6.92 Å². The lowest BCUT2D eigenvalue weighted by Gasteiger charge is -2.12. The van der Waals surface area contributed by atoms with E-state index in [0.717, 1.165) is 16.9 Å². The van der Waals surface area contributed by atoms with Crippen LogP contribution in [0, 0.1) is 0 Å². The SMILES string of the molecule is CCOc1ccc(Cl)c(C(=O)NCCOc2ccccc2-c2ccccc2)n1. The average molecular weight is 397 g/mol. The average Bonchev–Trinajstić information content (AvgIpc) is 2.73. The highest BCUT2D eigenvalue weighted by Crippen LogP contribution is 2.29. The number of hydrogen-bond acceptors (Lipinski definition) is 4. The highest BCUT2D eigenvalue weighted by molar-refractivity contribution is 6.33. The maximum atomic E-state index is 12.4. The van der Waals surface area contributed by atoms with Crippen molar-refractivity contribution < 1.29 is 14.3 Å². The molecular weight excluding hydrogens is 376 g/mol. The van der Waals surface area contributed by atoms with Gasteiger partial charge in [0.2, 0.25) is 5.88 Å². The van der Waals surface area contributed by atoms with E-state index in [0.29, 0.717) is 25.6 Å². The van der Waals surface area contributed by atoms with Gasteiger partial charge in [0.05, 0.1) is 18.2 Å². The fourth-order valence-electron chi connectivity index (χ4n) is 2.67. The van der Waals surface area contributed by atoms with Gasteiger partial charge in [-0.3, -0.25) is 4.79 Å². The summed E-state index contributed by atoms with van der Waals surface area (Å²) < 4.78 is 11.2. The van der Waals surface area contributed by atoms with Crippen LogP contribution in [0.1, 0.15) is 17.4 Å². The van der Waals surface area contributed by atoms with Gasteiger partial charge >= 0.3 is 0 Å². The van der Waals surface area contributed by atoms with Crippen LogP contribution in [0.25, 0.3) is 11.1 Å². The second-order valence-corrected chi connectivity index (χ2v) is 6.29. The van der Waals surface area contributed by atoms with Crippen LogP contribution in [-0.2, 0) is 0 Å². The van der Waals surface area contributed by atoms with Crippen LogP contribution in [0.5, 0.6) is 11.6 Å². The first-order chi connectivity index (χ1) is 13.7. The van der Waals surface area contributed by atoms with Gasteiger partial charge in [0, 0.05) is 11.6 Å². The summed E-state index contributed by atoms with van der Waals surface area (Å²) in [7, 11) is 0. The molecule has 144 valence electrons. The number of pyridine rings is 1. The number of benzene rings is 2. The Morgan fingerprint density at radius 1 is 1.00 bits per heavy atom. The number of carbonyl (C=O) groups is 1. The summed E-state index contributed by atoms with van der Waals surface area (Å²) >= 11 is 6.08. The molecule has 0 saturated heterocycles. The second-order valence-electron chi connectivity index (χ2n) is 5.88. The summed E-state index contributed by atoms with van der Waals surface area (Å²) in [5.41, 5.74) is 2.21. The van der Waals surface area contributed by atoms with Gasteiger partial charge < -0.3 is 14.8 Å². The first-order valence-electron chi connectivity index (χ1n) is 9.04. The van der Waals surface area contributed by atoms with Gasteiger partial charge in [-0.1, -0.05) is 60.1 Å².